The topological polar surface area (TPSA) is 56.5 Å². The number of ether oxygens (including phenoxy) is 2. The van der Waals surface area contributed by atoms with Crippen molar-refractivity contribution in [2.24, 2.45) is 0 Å². The van der Waals surface area contributed by atoms with Crippen LogP contribution in [0.5, 0.6) is 0 Å². The lowest BCUT2D eigenvalue weighted by Crippen LogP contribution is -2.29. The maximum Gasteiger partial charge on any atom is 0.0969 e. The van der Waals surface area contributed by atoms with Gasteiger partial charge in [0.25, 0.3) is 0 Å². The van der Waals surface area contributed by atoms with Crippen LogP contribution >= 0.6 is 22.6 Å². The minimum Gasteiger partial charge on any atom is -0.389 e. The van der Waals surface area contributed by atoms with Gasteiger partial charge in [-0.2, -0.15) is 5.10 Å². The average molecular weight is 352 g/mol. The summed E-state index contributed by atoms with van der Waals surface area (Å²) in [5.41, 5.74) is 0. The van der Waals surface area contributed by atoms with Crippen LogP contribution in [-0.4, -0.2) is 46.9 Å². The fourth-order valence-corrected chi connectivity index (χ4v) is 2.24. The van der Waals surface area contributed by atoms with Crippen LogP contribution in [0.15, 0.2) is 12.4 Å². The lowest BCUT2D eigenvalue weighted by molar-refractivity contribution is -0.0622. The first-order valence-corrected chi connectivity index (χ1v) is 6.87. The number of nitrogens with zero attached hydrogens (tertiary/aromatic N) is 2. The van der Waals surface area contributed by atoms with Crippen molar-refractivity contribution in [2.75, 3.05) is 19.8 Å². The van der Waals surface area contributed by atoms with Crippen molar-refractivity contribution in [1.29, 1.82) is 0 Å². The second kappa shape index (κ2) is 6.67. The molecule has 96 valence electrons. The largest absolute Gasteiger partial charge is 0.389 e. The summed E-state index contributed by atoms with van der Waals surface area (Å²) in [4.78, 5) is 0. The summed E-state index contributed by atoms with van der Waals surface area (Å²) in [6.45, 7) is 2.36. The summed E-state index contributed by atoms with van der Waals surface area (Å²) in [7, 11) is 0. The van der Waals surface area contributed by atoms with Crippen molar-refractivity contribution in [3.05, 3.63) is 16.0 Å². The Morgan fingerprint density at radius 3 is 3.00 bits per heavy atom. The molecule has 1 fully saturated rings. The Bertz CT molecular complexity index is 339. The number of hydrogen-bond donors (Lipinski definition) is 1. The minimum absolute atomic E-state index is 0.233. The molecule has 2 rings (SSSR count). The third kappa shape index (κ3) is 4.53. The highest BCUT2D eigenvalue weighted by atomic mass is 127. The molecule has 0 bridgehead atoms. The SMILES string of the molecule is OC(COC1CCOCC1)Cn1cc(I)cn1. The molecule has 6 heteroatoms. The number of halogens is 1. The Kier molecular flexibility index (Phi) is 5.20. The van der Waals surface area contributed by atoms with Crippen molar-refractivity contribution < 1.29 is 14.6 Å². The Labute approximate surface area is 114 Å². The van der Waals surface area contributed by atoms with Gasteiger partial charge in [-0.1, -0.05) is 0 Å². The highest BCUT2D eigenvalue weighted by Gasteiger charge is 2.16. The number of aliphatic hydroxyl groups excluding tert-OH is 1. The van der Waals surface area contributed by atoms with Crippen LogP contribution in [0.2, 0.25) is 0 Å². The van der Waals surface area contributed by atoms with Crippen LogP contribution in [-0.2, 0) is 16.0 Å². The van der Waals surface area contributed by atoms with E-state index in [1.165, 1.54) is 0 Å². The molecule has 0 amide bonds. The molecule has 0 saturated carbocycles. The van der Waals surface area contributed by atoms with Crippen molar-refractivity contribution in [1.82, 2.24) is 9.78 Å². The number of hydrogen-bond acceptors (Lipinski definition) is 4. The summed E-state index contributed by atoms with van der Waals surface area (Å²) in [6.07, 6.45) is 5.24. The molecule has 17 heavy (non-hydrogen) atoms. The van der Waals surface area contributed by atoms with Crippen LogP contribution in [0.1, 0.15) is 12.8 Å². The first-order chi connectivity index (χ1) is 8.24. The van der Waals surface area contributed by atoms with Crippen LogP contribution in [0.4, 0.5) is 0 Å². The molecule has 1 aromatic heterocycles. The lowest BCUT2D eigenvalue weighted by Gasteiger charge is -2.23. The van der Waals surface area contributed by atoms with E-state index >= 15 is 0 Å². The van der Waals surface area contributed by atoms with E-state index < -0.39 is 6.10 Å². The molecule has 1 aromatic rings. The minimum atomic E-state index is -0.506. The van der Waals surface area contributed by atoms with Gasteiger partial charge in [0.15, 0.2) is 0 Å². The van der Waals surface area contributed by atoms with E-state index in [1.807, 2.05) is 6.20 Å². The van der Waals surface area contributed by atoms with Gasteiger partial charge < -0.3 is 14.6 Å². The first kappa shape index (κ1) is 13.3. The Hall–Kier alpha value is -0.180. The molecular weight excluding hydrogens is 335 g/mol. The van der Waals surface area contributed by atoms with Gasteiger partial charge in [-0.25, -0.2) is 0 Å². The normalized spacial score (nSPS) is 19.4. The van der Waals surface area contributed by atoms with Gasteiger partial charge in [0.1, 0.15) is 0 Å². The van der Waals surface area contributed by atoms with E-state index in [-0.39, 0.29) is 6.10 Å². The smallest absolute Gasteiger partial charge is 0.0969 e. The van der Waals surface area contributed by atoms with Crippen LogP contribution < -0.4 is 0 Å². The molecule has 0 spiro atoms. The van der Waals surface area contributed by atoms with Crippen molar-refractivity contribution in [3.63, 3.8) is 0 Å². The van der Waals surface area contributed by atoms with Gasteiger partial charge in [-0.3, -0.25) is 4.68 Å². The van der Waals surface area contributed by atoms with E-state index in [1.54, 1.807) is 10.9 Å². The molecule has 0 radical (unpaired) electrons. The fraction of sp³-hybridized carbons (Fsp3) is 0.727. The first-order valence-electron chi connectivity index (χ1n) is 5.79. The zero-order valence-electron chi connectivity index (χ0n) is 9.59. The monoisotopic (exact) mass is 352 g/mol. The molecular formula is C11H17IN2O3. The van der Waals surface area contributed by atoms with Crippen LogP contribution in [0.3, 0.4) is 0 Å². The maximum absolute atomic E-state index is 9.82. The Morgan fingerprint density at radius 1 is 1.59 bits per heavy atom. The third-order valence-corrected chi connectivity index (χ3v) is 3.25. The van der Waals surface area contributed by atoms with E-state index in [2.05, 4.69) is 27.7 Å². The second-order valence-corrected chi connectivity index (χ2v) is 5.43. The highest BCUT2D eigenvalue weighted by molar-refractivity contribution is 14.1. The highest BCUT2D eigenvalue weighted by Crippen LogP contribution is 2.11. The zero-order chi connectivity index (χ0) is 12.1. The molecule has 0 aliphatic carbocycles. The van der Waals surface area contributed by atoms with E-state index in [9.17, 15) is 5.11 Å². The molecule has 5 nitrogen and oxygen atoms in total. The second-order valence-electron chi connectivity index (χ2n) is 4.18. The molecule has 2 heterocycles. The van der Waals surface area contributed by atoms with Crippen LogP contribution in [0.25, 0.3) is 0 Å². The molecule has 1 saturated heterocycles. The van der Waals surface area contributed by atoms with Crippen molar-refractivity contribution in [3.8, 4) is 0 Å². The summed E-state index contributed by atoms with van der Waals surface area (Å²) < 4.78 is 13.7. The molecule has 0 aromatic carbocycles. The van der Waals surface area contributed by atoms with Gasteiger partial charge in [0.2, 0.25) is 0 Å². The van der Waals surface area contributed by atoms with Gasteiger partial charge >= 0.3 is 0 Å². The van der Waals surface area contributed by atoms with E-state index in [0.717, 1.165) is 29.6 Å². The molecule has 1 N–H and O–H groups in total. The van der Waals surface area contributed by atoms with E-state index in [4.69, 9.17) is 9.47 Å². The lowest BCUT2D eigenvalue weighted by atomic mass is 10.1. The van der Waals surface area contributed by atoms with Crippen LogP contribution in [0, 0.1) is 3.57 Å². The Balaban J connectivity index is 1.68. The van der Waals surface area contributed by atoms with Gasteiger partial charge in [0.05, 0.1) is 35.1 Å². The van der Waals surface area contributed by atoms with Gasteiger partial charge in [0, 0.05) is 19.4 Å². The van der Waals surface area contributed by atoms with Crippen molar-refractivity contribution in [2.45, 2.75) is 31.6 Å². The predicted molar refractivity (Wildman–Crippen MR) is 70.7 cm³/mol. The summed E-state index contributed by atoms with van der Waals surface area (Å²) >= 11 is 2.19. The zero-order valence-corrected chi connectivity index (χ0v) is 11.7. The summed E-state index contributed by atoms with van der Waals surface area (Å²) in [6, 6.07) is 0. The summed E-state index contributed by atoms with van der Waals surface area (Å²) in [5, 5.41) is 13.9. The number of aromatic nitrogens is 2. The summed E-state index contributed by atoms with van der Waals surface area (Å²) in [5.74, 6) is 0. The van der Waals surface area contributed by atoms with Crippen molar-refractivity contribution >= 4 is 22.6 Å². The fourth-order valence-electron chi connectivity index (χ4n) is 1.80. The standard InChI is InChI=1S/C11H17IN2O3/c12-9-5-13-14(6-9)7-10(15)8-17-11-1-3-16-4-2-11/h5-6,10-11,15H,1-4,7-8H2. The number of aliphatic hydroxyl groups is 1. The average Bonchev–Trinajstić information content (AvgIpc) is 2.73. The molecule has 1 atom stereocenters. The quantitative estimate of drug-likeness (QED) is 0.805. The maximum atomic E-state index is 9.82. The van der Waals surface area contributed by atoms with Gasteiger partial charge in [-0.15, -0.1) is 0 Å². The molecule has 1 aliphatic rings. The predicted octanol–water partition coefficient (Wildman–Crippen LogP) is 1.04. The third-order valence-electron chi connectivity index (χ3n) is 2.69. The van der Waals surface area contributed by atoms with E-state index in [0.29, 0.717) is 13.2 Å². The molecule has 1 unspecified atom stereocenters. The van der Waals surface area contributed by atoms with Gasteiger partial charge in [-0.05, 0) is 35.4 Å². The number of rotatable bonds is 5. The Morgan fingerprint density at radius 2 is 2.35 bits per heavy atom. The molecule has 1 aliphatic heterocycles.